The minimum Gasteiger partial charge on any atom is -0.481 e. The standard InChI is InChI=1S/C17H23NO3/c19-16(13-12-15-9-5-4-6-10-15)18-14-8-3-1-2-7-11-17(20)21/h4-6,9-10,12-13H,1-3,7-8,11,14H2,(H,18,19)(H,20,21)/b13-12+. The number of benzene rings is 1. The minimum absolute atomic E-state index is 0.0790. The number of carboxylic acid groups (broad SMARTS) is 1. The average Bonchev–Trinajstić information content (AvgIpc) is 2.48. The Bertz CT molecular complexity index is 454. The molecule has 0 aliphatic heterocycles. The summed E-state index contributed by atoms with van der Waals surface area (Å²) in [7, 11) is 0. The maximum absolute atomic E-state index is 11.6. The van der Waals surface area contributed by atoms with Crippen molar-refractivity contribution >= 4 is 18.0 Å². The monoisotopic (exact) mass is 289 g/mol. The van der Waals surface area contributed by atoms with E-state index in [0.717, 1.165) is 37.7 Å². The molecule has 0 radical (unpaired) electrons. The van der Waals surface area contributed by atoms with Crippen LogP contribution in [0.4, 0.5) is 0 Å². The number of carbonyl (C=O) groups is 2. The van der Waals surface area contributed by atoms with E-state index in [2.05, 4.69) is 5.32 Å². The molecule has 2 N–H and O–H groups in total. The first-order valence-electron chi connectivity index (χ1n) is 7.41. The van der Waals surface area contributed by atoms with E-state index in [4.69, 9.17) is 5.11 Å². The van der Waals surface area contributed by atoms with Crippen molar-refractivity contribution in [1.82, 2.24) is 5.32 Å². The Morgan fingerprint density at radius 3 is 2.38 bits per heavy atom. The van der Waals surface area contributed by atoms with Crippen LogP contribution in [0.15, 0.2) is 36.4 Å². The second-order valence-electron chi connectivity index (χ2n) is 4.95. The zero-order valence-electron chi connectivity index (χ0n) is 12.3. The molecular formula is C17H23NO3. The summed E-state index contributed by atoms with van der Waals surface area (Å²) in [5.74, 6) is -0.808. The van der Waals surface area contributed by atoms with Crippen molar-refractivity contribution in [1.29, 1.82) is 0 Å². The number of nitrogens with one attached hydrogen (secondary N) is 1. The molecule has 0 bridgehead atoms. The predicted molar refractivity (Wildman–Crippen MR) is 83.8 cm³/mol. The molecular weight excluding hydrogens is 266 g/mol. The zero-order valence-corrected chi connectivity index (χ0v) is 12.3. The lowest BCUT2D eigenvalue weighted by molar-refractivity contribution is -0.137. The molecule has 0 aliphatic rings. The van der Waals surface area contributed by atoms with E-state index in [1.54, 1.807) is 12.2 Å². The second kappa shape index (κ2) is 10.7. The van der Waals surface area contributed by atoms with Crippen LogP contribution >= 0.6 is 0 Å². The third-order valence-electron chi connectivity index (χ3n) is 3.09. The van der Waals surface area contributed by atoms with Crippen molar-refractivity contribution in [3.05, 3.63) is 42.0 Å². The van der Waals surface area contributed by atoms with Gasteiger partial charge in [-0.1, -0.05) is 49.6 Å². The molecule has 4 heteroatoms. The van der Waals surface area contributed by atoms with Gasteiger partial charge in [-0.05, 0) is 24.5 Å². The van der Waals surface area contributed by atoms with Crippen LogP contribution in [-0.2, 0) is 9.59 Å². The van der Waals surface area contributed by atoms with Crippen molar-refractivity contribution in [2.45, 2.75) is 38.5 Å². The maximum atomic E-state index is 11.6. The highest BCUT2D eigenvalue weighted by Crippen LogP contribution is 2.05. The van der Waals surface area contributed by atoms with Crippen LogP contribution in [-0.4, -0.2) is 23.5 Å². The molecule has 1 rings (SSSR count). The van der Waals surface area contributed by atoms with Crippen LogP contribution in [0.2, 0.25) is 0 Å². The first kappa shape index (κ1) is 17.0. The summed E-state index contributed by atoms with van der Waals surface area (Å²) in [5.41, 5.74) is 1.01. The van der Waals surface area contributed by atoms with Crippen LogP contribution in [0.25, 0.3) is 6.08 Å². The Labute approximate surface area is 125 Å². The quantitative estimate of drug-likeness (QED) is 0.513. The van der Waals surface area contributed by atoms with Gasteiger partial charge < -0.3 is 10.4 Å². The summed E-state index contributed by atoms with van der Waals surface area (Å²) in [6.45, 7) is 0.664. The number of hydrogen-bond donors (Lipinski definition) is 2. The number of amides is 1. The molecule has 0 aliphatic carbocycles. The molecule has 0 aromatic heterocycles. The molecule has 0 saturated heterocycles. The summed E-state index contributed by atoms with van der Waals surface area (Å²) >= 11 is 0. The highest BCUT2D eigenvalue weighted by molar-refractivity contribution is 5.91. The summed E-state index contributed by atoms with van der Waals surface area (Å²) in [6, 6.07) is 9.69. The Balaban J connectivity index is 2.01. The fraction of sp³-hybridized carbons (Fsp3) is 0.412. The molecule has 0 atom stereocenters. The zero-order chi connectivity index (χ0) is 15.3. The third-order valence-corrected chi connectivity index (χ3v) is 3.09. The lowest BCUT2D eigenvalue weighted by Gasteiger charge is -2.02. The SMILES string of the molecule is O=C(O)CCCCCCCNC(=O)/C=C/c1ccccc1. The number of aliphatic carboxylic acids is 1. The number of hydrogen-bond acceptors (Lipinski definition) is 2. The van der Waals surface area contributed by atoms with E-state index in [9.17, 15) is 9.59 Å². The maximum Gasteiger partial charge on any atom is 0.303 e. The molecule has 0 fully saturated rings. The summed E-state index contributed by atoms with van der Waals surface area (Å²) in [5, 5.41) is 11.3. The van der Waals surface area contributed by atoms with E-state index < -0.39 is 5.97 Å². The van der Waals surface area contributed by atoms with Crippen molar-refractivity contribution < 1.29 is 14.7 Å². The van der Waals surface area contributed by atoms with Gasteiger partial charge in [-0.2, -0.15) is 0 Å². The second-order valence-corrected chi connectivity index (χ2v) is 4.95. The Morgan fingerprint density at radius 2 is 1.67 bits per heavy atom. The predicted octanol–water partition coefficient (Wildman–Crippen LogP) is 3.24. The fourth-order valence-corrected chi connectivity index (χ4v) is 1.94. The van der Waals surface area contributed by atoms with Gasteiger partial charge in [0.15, 0.2) is 0 Å². The topological polar surface area (TPSA) is 66.4 Å². The van der Waals surface area contributed by atoms with Crippen molar-refractivity contribution in [3.63, 3.8) is 0 Å². The number of rotatable bonds is 10. The van der Waals surface area contributed by atoms with Crippen LogP contribution in [0.3, 0.4) is 0 Å². The van der Waals surface area contributed by atoms with Crippen LogP contribution in [0.1, 0.15) is 44.1 Å². The number of carbonyl (C=O) groups excluding carboxylic acids is 1. The van der Waals surface area contributed by atoms with E-state index in [1.807, 2.05) is 30.3 Å². The van der Waals surface area contributed by atoms with Crippen LogP contribution < -0.4 is 5.32 Å². The smallest absolute Gasteiger partial charge is 0.303 e. The van der Waals surface area contributed by atoms with Crippen molar-refractivity contribution in [2.24, 2.45) is 0 Å². The molecule has 4 nitrogen and oxygen atoms in total. The van der Waals surface area contributed by atoms with Gasteiger partial charge in [0.05, 0.1) is 0 Å². The van der Waals surface area contributed by atoms with Crippen LogP contribution in [0, 0.1) is 0 Å². The molecule has 0 unspecified atom stereocenters. The van der Waals surface area contributed by atoms with Gasteiger partial charge >= 0.3 is 5.97 Å². The lowest BCUT2D eigenvalue weighted by Crippen LogP contribution is -2.21. The van der Waals surface area contributed by atoms with E-state index in [0.29, 0.717) is 6.54 Å². The Hall–Kier alpha value is -2.10. The van der Waals surface area contributed by atoms with Crippen molar-refractivity contribution in [2.75, 3.05) is 6.54 Å². The normalized spacial score (nSPS) is 10.7. The third kappa shape index (κ3) is 9.44. The van der Waals surface area contributed by atoms with Gasteiger partial charge in [0.25, 0.3) is 0 Å². The molecule has 1 amide bonds. The largest absolute Gasteiger partial charge is 0.481 e. The fourth-order valence-electron chi connectivity index (χ4n) is 1.94. The lowest BCUT2D eigenvalue weighted by atomic mass is 10.1. The number of unbranched alkanes of at least 4 members (excludes halogenated alkanes) is 4. The van der Waals surface area contributed by atoms with E-state index in [-0.39, 0.29) is 12.3 Å². The van der Waals surface area contributed by atoms with Gasteiger partial charge in [0.2, 0.25) is 5.91 Å². The van der Waals surface area contributed by atoms with Gasteiger partial charge in [-0.25, -0.2) is 0 Å². The highest BCUT2D eigenvalue weighted by Gasteiger charge is 1.97. The van der Waals surface area contributed by atoms with Gasteiger partial charge in [0, 0.05) is 19.0 Å². The summed E-state index contributed by atoms with van der Waals surface area (Å²) in [4.78, 5) is 21.9. The molecule has 114 valence electrons. The molecule has 0 saturated carbocycles. The molecule has 0 spiro atoms. The molecule has 0 heterocycles. The highest BCUT2D eigenvalue weighted by atomic mass is 16.4. The summed E-state index contributed by atoms with van der Waals surface area (Å²) < 4.78 is 0. The van der Waals surface area contributed by atoms with Gasteiger partial charge in [-0.15, -0.1) is 0 Å². The average molecular weight is 289 g/mol. The minimum atomic E-state index is -0.729. The van der Waals surface area contributed by atoms with Crippen molar-refractivity contribution in [3.8, 4) is 0 Å². The first-order valence-corrected chi connectivity index (χ1v) is 7.41. The Kier molecular flexibility index (Phi) is 8.61. The summed E-state index contributed by atoms with van der Waals surface area (Å²) in [6.07, 6.45) is 8.23. The van der Waals surface area contributed by atoms with E-state index in [1.165, 1.54) is 0 Å². The van der Waals surface area contributed by atoms with Gasteiger partial charge in [0.1, 0.15) is 0 Å². The van der Waals surface area contributed by atoms with Crippen LogP contribution in [0.5, 0.6) is 0 Å². The van der Waals surface area contributed by atoms with Gasteiger partial charge in [-0.3, -0.25) is 9.59 Å². The van der Waals surface area contributed by atoms with E-state index >= 15 is 0 Å². The Morgan fingerprint density at radius 1 is 1.00 bits per heavy atom. The molecule has 1 aromatic rings. The molecule has 1 aromatic carbocycles. The first-order chi connectivity index (χ1) is 10.2. The molecule has 21 heavy (non-hydrogen) atoms. The number of carboxylic acids is 1.